The van der Waals surface area contributed by atoms with Crippen LogP contribution in [0.25, 0.3) is 0 Å². The Morgan fingerprint density at radius 3 is 2.19 bits per heavy atom. The molecule has 118 valence electrons. The smallest absolute Gasteiger partial charge is 0.308 e. The molecule has 0 aliphatic carbocycles. The van der Waals surface area contributed by atoms with Crippen LogP contribution in [0.2, 0.25) is 0 Å². The third-order valence-electron chi connectivity index (χ3n) is 2.66. The Morgan fingerprint density at radius 1 is 1.00 bits per heavy atom. The zero-order valence-corrected chi connectivity index (χ0v) is 13.6. The lowest BCUT2D eigenvalue weighted by Crippen LogP contribution is -2.20. The fourth-order valence-corrected chi connectivity index (χ4v) is 1.64. The van der Waals surface area contributed by atoms with E-state index in [9.17, 15) is 0 Å². The highest BCUT2D eigenvalue weighted by molar-refractivity contribution is 6.47. The van der Waals surface area contributed by atoms with Crippen molar-refractivity contribution in [3.05, 3.63) is 18.2 Å². The highest BCUT2D eigenvalue weighted by Crippen LogP contribution is 2.26. The molecule has 0 fully saturated rings. The van der Waals surface area contributed by atoms with Gasteiger partial charge in [0.15, 0.2) is 11.5 Å². The van der Waals surface area contributed by atoms with Crippen LogP contribution < -0.4 is 14.9 Å². The third-order valence-corrected chi connectivity index (χ3v) is 2.66. The average Bonchev–Trinajstić information content (AvgIpc) is 2.44. The summed E-state index contributed by atoms with van der Waals surface area (Å²) in [5.74, 6) is 2.46. The molecular weight excluding hydrogens is 267 g/mol. The van der Waals surface area contributed by atoms with E-state index in [0.717, 1.165) is 17.0 Å². The van der Waals surface area contributed by atoms with Crippen molar-refractivity contribution in [3.8, 4) is 11.5 Å². The quantitative estimate of drug-likeness (QED) is 0.527. The van der Waals surface area contributed by atoms with Gasteiger partial charge in [0.2, 0.25) is 0 Å². The van der Waals surface area contributed by atoms with Crippen LogP contribution in [0.15, 0.2) is 18.2 Å². The van der Waals surface area contributed by atoms with Gasteiger partial charge in [-0.05, 0) is 29.4 Å². The summed E-state index contributed by atoms with van der Waals surface area (Å²) in [6, 6.07) is 5.85. The molecule has 5 heteroatoms. The lowest BCUT2D eigenvalue weighted by atomic mass is 9.88. The molecule has 0 bridgehead atoms. The van der Waals surface area contributed by atoms with Crippen LogP contribution in [0.1, 0.15) is 27.7 Å². The van der Waals surface area contributed by atoms with Crippen molar-refractivity contribution >= 4 is 12.9 Å². The highest BCUT2D eigenvalue weighted by Gasteiger charge is 2.10. The maximum atomic E-state index is 8.74. The first-order valence-electron chi connectivity index (χ1n) is 7.60. The molecular formula is C16H27BO4. The number of aliphatic hydroxyl groups is 1. The van der Waals surface area contributed by atoms with Gasteiger partial charge in [-0.3, -0.25) is 0 Å². The van der Waals surface area contributed by atoms with E-state index in [0.29, 0.717) is 39.1 Å². The van der Waals surface area contributed by atoms with E-state index < -0.39 is 0 Å². The molecule has 0 saturated carbocycles. The van der Waals surface area contributed by atoms with Crippen LogP contribution in [-0.4, -0.2) is 39.0 Å². The first-order chi connectivity index (χ1) is 10.0. The Labute approximate surface area is 128 Å². The summed E-state index contributed by atoms with van der Waals surface area (Å²) in [6.07, 6.45) is 0. The van der Waals surface area contributed by atoms with Crippen LogP contribution in [-0.2, 0) is 4.65 Å². The molecule has 0 spiro atoms. The molecule has 21 heavy (non-hydrogen) atoms. The molecule has 1 aromatic carbocycles. The lowest BCUT2D eigenvalue weighted by molar-refractivity contribution is 0.209. The SMILES string of the molecule is CC(C)COc1ccc(BOCCO)cc1OCC(C)C. The Hall–Kier alpha value is -1.20. The topological polar surface area (TPSA) is 47.9 Å². The van der Waals surface area contributed by atoms with Gasteiger partial charge < -0.3 is 19.2 Å². The molecule has 1 aromatic rings. The van der Waals surface area contributed by atoms with E-state index in [1.54, 1.807) is 0 Å². The maximum absolute atomic E-state index is 8.74. The molecule has 1 N–H and O–H groups in total. The summed E-state index contributed by atoms with van der Waals surface area (Å²) in [5, 5.41) is 8.74. The number of rotatable bonds is 10. The van der Waals surface area contributed by atoms with Gasteiger partial charge in [-0.15, -0.1) is 0 Å². The minimum atomic E-state index is 0.0340. The summed E-state index contributed by atoms with van der Waals surface area (Å²) in [4.78, 5) is 0. The Morgan fingerprint density at radius 2 is 1.62 bits per heavy atom. The minimum absolute atomic E-state index is 0.0340. The van der Waals surface area contributed by atoms with Crippen LogP contribution in [0.5, 0.6) is 11.5 Å². The fraction of sp³-hybridized carbons (Fsp3) is 0.625. The van der Waals surface area contributed by atoms with Crippen LogP contribution in [0.3, 0.4) is 0 Å². The molecule has 0 unspecified atom stereocenters. The minimum Gasteiger partial charge on any atom is -0.489 e. The average molecular weight is 294 g/mol. The molecule has 0 aliphatic rings. The second kappa shape index (κ2) is 9.69. The molecule has 0 aromatic heterocycles. The molecule has 0 amide bonds. The predicted molar refractivity (Wildman–Crippen MR) is 86.9 cm³/mol. The van der Waals surface area contributed by atoms with Gasteiger partial charge in [0.25, 0.3) is 0 Å². The van der Waals surface area contributed by atoms with Crippen molar-refractivity contribution < 1.29 is 19.2 Å². The second-order valence-electron chi connectivity index (χ2n) is 5.97. The lowest BCUT2D eigenvalue weighted by Gasteiger charge is -2.16. The first-order valence-corrected chi connectivity index (χ1v) is 7.60. The number of ether oxygens (including phenoxy) is 2. The number of benzene rings is 1. The zero-order valence-electron chi connectivity index (χ0n) is 13.6. The van der Waals surface area contributed by atoms with Crippen molar-refractivity contribution in [1.82, 2.24) is 0 Å². The van der Waals surface area contributed by atoms with E-state index >= 15 is 0 Å². The van der Waals surface area contributed by atoms with Gasteiger partial charge in [0.05, 0.1) is 26.4 Å². The normalized spacial score (nSPS) is 11.0. The molecule has 0 aliphatic heterocycles. The van der Waals surface area contributed by atoms with Crippen molar-refractivity contribution in [1.29, 1.82) is 0 Å². The van der Waals surface area contributed by atoms with Gasteiger partial charge in [0.1, 0.15) is 0 Å². The molecule has 1 rings (SSSR count). The van der Waals surface area contributed by atoms with Gasteiger partial charge in [-0.2, -0.15) is 0 Å². The van der Waals surface area contributed by atoms with Gasteiger partial charge >= 0.3 is 7.48 Å². The van der Waals surface area contributed by atoms with Crippen molar-refractivity contribution in [2.24, 2.45) is 11.8 Å². The van der Waals surface area contributed by atoms with Crippen molar-refractivity contribution in [2.75, 3.05) is 26.4 Å². The van der Waals surface area contributed by atoms with Crippen LogP contribution >= 0.6 is 0 Å². The van der Waals surface area contributed by atoms with E-state index in [1.165, 1.54) is 0 Å². The van der Waals surface area contributed by atoms with Crippen molar-refractivity contribution in [3.63, 3.8) is 0 Å². The third kappa shape index (κ3) is 7.39. The Bertz CT molecular complexity index is 407. The number of hydrogen-bond acceptors (Lipinski definition) is 4. The summed E-state index contributed by atoms with van der Waals surface area (Å²) in [7, 11) is 0.461. The monoisotopic (exact) mass is 294 g/mol. The number of aliphatic hydroxyl groups excluding tert-OH is 1. The van der Waals surface area contributed by atoms with Gasteiger partial charge in [-0.1, -0.05) is 33.8 Å². The summed E-state index contributed by atoms with van der Waals surface area (Å²) in [5.41, 5.74) is 1.01. The predicted octanol–water partition coefficient (Wildman–Crippen LogP) is 1.74. The fourth-order valence-electron chi connectivity index (χ4n) is 1.64. The Kier molecular flexibility index (Phi) is 8.24. The van der Waals surface area contributed by atoms with Gasteiger partial charge in [0, 0.05) is 0 Å². The summed E-state index contributed by atoms with van der Waals surface area (Å²) >= 11 is 0. The first kappa shape index (κ1) is 17.9. The molecule has 0 radical (unpaired) electrons. The molecule has 0 saturated heterocycles. The van der Waals surface area contributed by atoms with Crippen molar-refractivity contribution in [2.45, 2.75) is 27.7 Å². The van der Waals surface area contributed by atoms with Crippen LogP contribution in [0, 0.1) is 11.8 Å². The van der Waals surface area contributed by atoms with Crippen LogP contribution in [0.4, 0.5) is 0 Å². The maximum Gasteiger partial charge on any atom is 0.308 e. The largest absolute Gasteiger partial charge is 0.489 e. The second-order valence-corrected chi connectivity index (χ2v) is 5.97. The summed E-state index contributed by atoms with van der Waals surface area (Å²) in [6.45, 7) is 10.2. The van der Waals surface area contributed by atoms with E-state index in [1.807, 2.05) is 18.2 Å². The van der Waals surface area contributed by atoms with E-state index in [-0.39, 0.29) is 6.61 Å². The zero-order chi connectivity index (χ0) is 15.7. The van der Waals surface area contributed by atoms with Gasteiger partial charge in [-0.25, -0.2) is 0 Å². The Balaban J connectivity index is 2.75. The van der Waals surface area contributed by atoms with E-state index in [2.05, 4.69) is 27.7 Å². The number of hydrogen-bond donors (Lipinski definition) is 1. The standard InChI is InChI=1S/C16H27BO4/c1-12(2)10-19-15-6-5-14(17-21-8-7-18)9-16(15)20-11-13(3)4/h5-6,9,12-13,17-18H,7-8,10-11H2,1-4H3. The van der Waals surface area contributed by atoms with E-state index in [4.69, 9.17) is 19.2 Å². The molecule has 0 atom stereocenters. The highest BCUT2D eigenvalue weighted by atomic mass is 16.5. The summed E-state index contributed by atoms with van der Waals surface area (Å²) < 4.78 is 17.0. The molecule has 0 heterocycles. The molecule has 4 nitrogen and oxygen atoms in total.